The zero-order valence-electron chi connectivity index (χ0n) is 12.9. The molecule has 0 aliphatic heterocycles. The van der Waals surface area contributed by atoms with Gasteiger partial charge in [0.05, 0.1) is 38.7 Å². The van der Waals surface area contributed by atoms with E-state index in [1.54, 1.807) is 12.5 Å². The summed E-state index contributed by atoms with van der Waals surface area (Å²) in [6.07, 6.45) is 3.65. The van der Waals surface area contributed by atoms with Crippen LogP contribution < -0.4 is 0 Å². The maximum Gasteiger partial charge on any atom is 0.308 e. The third-order valence-electron chi connectivity index (χ3n) is 3.46. The SMILES string of the molecule is C=C(OCCC(=O)OC)c1cncn1[C@H](C)c1ccccc1. The average Bonchev–Trinajstić information content (AvgIpc) is 3.04. The second-order valence-electron chi connectivity index (χ2n) is 4.87. The highest BCUT2D eigenvalue weighted by molar-refractivity contribution is 5.69. The van der Waals surface area contributed by atoms with Crippen molar-refractivity contribution in [3.05, 3.63) is 60.7 Å². The number of nitrogens with zero attached hydrogens (tertiary/aromatic N) is 2. The number of esters is 1. The van der Waals surface area contributed by atoms with Crippen molar-refractivity contribution in [3.63, 3.8) is 0 Å². The summed E-state index contributed by atoms with van der Waals surface area (Å²) >= 11 is 0. The van der Waals surface area contributed by atoms with Crippen molar-refractivity contribution >= 4 is 11.7 Å². The number of rotatable bonds is 7. The van der Waals surface area contributed by atoms with Gasteiger partial charge in [0.25, 0.3) is 0 Å². The van der Waals surface area contributed by atoms with Crippen LogP contribution in [0.3, 0.4) is 0 Å². The Balaban J connectivity index is 2.06. The molecular formula is C17H20N2O3. The van der Waals surface area contributed by atoms with E-state index in [0.29, 0.717) is 5.76 Å². The fraction of sp³-hybridized carbons (Fsp3) is 0.294. The van der Waals surface area contributed by atoms with Crippen LogP contribution in [0.4, 0.5) is 0 Å². The Hall–Kier alpha value is -2.56. The van der Waals surface area contributed by atoms with Crippen LogP contribution in [0.1, 0.15) is 30.6 Å². The lowest BCUT2D eigenvalue weighted by molar-refractivity contribution is -0.141. The molecule has 0 amide bonds. The van der Waals surface area contributed by atoms with Crippen molar-refractivity contribution < 1.29 is 14.3 Å². The molecule has 5 nitrogen and oxygen atoms in total. The van der Waals surface area contributed by atoms with Crippen LogP contribution in [0.5, 0.6) is 0 Å². The number of aromatic nitrogens is 2. The van der Waals surface area contributed by atoms with Crippen LogP contribution in [0.25, 0.3) is 5.76 Å². The van der Waals surface area contributed by atoms with Gasteiger partial charge in [0, 0.05) is 0 Å². The van der Waals surface area contributed by atoms with Crippen molar-refractivity contribution in [2.45, 2.75) is 19.4 Å². The van der Waals surface area contributed by atoms with Crippen LogP contribution in [0.15, 0.2) is 49.4 Å². The molecule has 0 fully saturated rings. The molecule has 22 heavy (non-hydrogen) atoms. The van der Waals surface area contributed by atoms with Crippen molar-refractivity contribution in [2.24, 2.45) is 0 Å². The van der Waals surface area contributed by atoms with Crippen molar-refractivity contribution in [3.8, 4) is 0 Å². The van der Waals surface area contributed by atoms with E-state index in [9.17, 15) is 4.79 Å². The molecule has 1 aromatic heterocycles. The van der Waals surface area contributed by atoms with Gasteiger partial charge in [-0.1, -0.05) is 36.9 Å². The number of hydrogen-bond donors (Lipinski definition) is 0. The average molecular weight is 300 g/mol. The van der Waals surface area contributed by atoms with E-state index in [1.165, 1.54) is 12.7 Å². The fourth-order valence-electron chi connectivity index (χ4n) is 2.15. The highest BCUT2D eigenvalue weighted by Gasteiger charge is 2.14. The first-order valence-corrected chi connectivity index (χ1v) is 7.09. The molecule has 116 valence electrons. The maximum absolute atomic E-state index is 11.1. The molecule has 1 heterocycles. The molecular weight excluding hydrogens is 280 g/mol. The molecule has 0 saturated heterocycles. The second-order valence-corrected chi connectivity index (χ2v) is 4.87. The van der Waals surface area contributed by atoms with Crippen LogP contribution in [0, 0.1) is 0 Å². The predicted octanol–water partition coefficient (Wildman–Crippen LogP) is 3.04. The van der Waals surface area contributed by atoms with E-state index in [2.05, 4.69) is 35.4 Å². The second kappa shape index (κ2) is 7.45. The lowest BCUT2D eigenvalue weighted by Crippen LogP contribution is -2.10. The minimum atomic E-state index is -0.307. The summed E-state index contributed by atoms with van der Waals surface area (Å²) in [6, 6.07) is 10.2. The Morgan fingerprint density at radius 3 is 2.77 bits per heavy atom. The quantitative estimate of drug-likeness (QED) is 0.582. The van der Waals surface area contributed by atoms with Gasteiger partial charge in [0.1, 0.15) is 11.5 Å². The zero-order valence-corrected chi connectivity index (χ0v) is 12.9. The Labute approximate surface area is 130 Å². The van der Waals surface area contributed by atoms with Gasteiger partial charge in [-0.2, -0.15) is 0 Å². The minimum absolute atomic E-state index is 0.111. The van der Waals surface area contributed by atoms with Gasteiger partial charge in [0.15, 0.2) is 0 Å². The maximum atomic E-state index is 11.1. The summed E-state index contributed by atoms with van der Waals surface area (Å²) in [6.45, 7) is 6.24. The summed E-state index contributed by atoms with van der Waals surface area (Å²) in [7, 11) is 1.35. The molecule has 0 N–H and O–H groups in total. The van der Waals surface area contributed by atoms with E-state index in [-0.39, 0.29) is 25.0 Å². The normalized spacial score (nSPS) is 11.7. The standard InChI is InChI=1S/C17H20N2O3/c1-13(15-7-5-4-6-8-15)19-12-18-11-16(19)14(2)22-10-9-17(20)21-3/h4-8,11-13H,2,9-10H2,1,3H3/t13-/m1/s1. The molecule has 0 radical (unpaired) electrons. The summed E-state index contributed by atoms with van der Waals surface area (Å²) in [5.41, 5.74) is 1.96. The molecule has 0 bridgehead atoms. The molecule has 1 atom stereocenters. The number of ether oxygens (including phenoxy) is 2. The van der Waals surface area contributed by atoms with Gasteiger partial charge < -0.3 is 14.0 Å². The van der Waals surface area contributed by atoms with E-state index < -0.39 is 0 Å². The third kappa shape index (κ3) is 3.75. The number of imidazole rings is 1. The van der Waals surface area contributed by atoms with Crippen molar-refractivity contribution in [1.29, 1.82) is 0 Å². The summed E-state index contributed by atoms with van der Waals surface area (Å²) in [4.78, 5) is 15.3. The summed E-state index contributed by atoms with van der Waals surface area (Å²) in [5, 5.41) is 0. The first kappa shape index (κ1) is 15.8. The third-order valence-corrected chi connectivity index (χ3v) is 3.46. The lowest BCUT2D eigenvalue weighted by Gasteiger charge is -2.18. The topological polar surface area (TPSA) is 53.4 Å². The van der Waals surface area contributed by atoms with Crippen LogP contribution in [-0.4, -0.2) is 29.2 Å². The zero-order chi connectivity index (χ0) is 15.9. The van der Waals surface area contributed by atoms with Crippen LogP contribution >= 0.6 is 0 Å². The van der Waals surface area contributed by atoms with Gasteiger partial charge in [-0.3, -0.25) is 4.79 Å². The smallest absolute Gasteiger partial charge is 0.308 e. The molecule has 1 aromatic carbocycles. The fourth-order valence-corrected chi connectivity index (χ4v) is 2.15. The number of hydrogen-bond acceptors (Lipinski definition) is 4. The molecule has 0 unspecified atom stereocenters. The highest BCUT2D eigenvalue weighted by atomic mass is 16.5. The molecule has 0 spiro atoms. The number of methoxy groups -OCH3 is 1. The number of carbonyl (C=O) groups excluding carboxylic acids is 1. The van der Waals surface area contributed by atoms with Gasteiger partial charge >= 0.3 is 5.97 Å². The highest BCUT2D eigenvalue weighted by Crippen LogP contribution is 2.23. The summed E-state index contributed by atoms with van der Waals surface area (Å²) < 4.78 is 12.1. The molecule has 5 heteroatoms. The van der Waals surface area contributed by atoms with Crippen molar-refractivity contribution in [1.82, 2.24) is 9.55 Å². The monoisotopic (exact) mass is 300 g/mol. The van der Waals surface area contributed by atoms with Gasteiger partial charge in [-0.15, -0.1) is 0 Å². The van der Waals surface area contributed by atoms with Crippen molar-refractivity contribution in [2.75, 3.05) is 13.7 Å². The molecule has 0 aliphatic carbocycles. The lowest BCUT2D eigenvalue weighted by atomic mass is 10.1. The van der Waals surface area contributed by atoms with E-state index >= 15 is 0 Å². The number of carbonyl (C=O) groups is 1. The predicted molar refractivity (Wildman–Crippen MR) is 84.1 cm³/mol. The van der Waals surface area contributed by atoms with Gasteiger partial charge in [0.2, 0.25) is 0 Å². The van der Waals surface area contributed by atoms with E-state index in [0.717, 1.165) is 5.69 Å². The van der Waals surface area contributed by atoms with E-state index in [4.69, 9.17) is 4.74 Å². The molecule has 0 aliphatic rings. The first-order valence-electron chi connectivity index (χ1n) is 7.09. The van der Waals surface area contributed by atoms with Crippen LogP contribution in [-0.2, 0) is 14.3 Å². The van der Waals surface area contributed by atoms with Gasteiger partial charge in [-0.25, -0.2) is 4.98 Å². The Kier molecular flexibility index (Phi) is 5.36. The molecule has 0 saturated carbocycles. The number of benzene rings is 1. The Morgan fingerprint density at radius 2 is 2.09 bits per heavy atom. The Bertz CT molecular complexity index is 634. The summed E-state index contributed by atoms with van der Waals surface area (Å²) in [5.74, 6) is 0.183. The Morgan fingerprint density at radius 1 is 1.36 bits per heavy atom. The van der Waals surface area contributed by atoms with Gasteiger partial charge in [-0.05, 0) is 12.5 Å². The molecule has 2 rings (SSSR count). The first-order chi connectivity index (χ1) is 10.6. The largest absolute Gasteiger partial charge is 0.491 e. The van der Waals surface area contributed by atoms with Crippen LogP contribution in [0.2, 0.25) is 0 Å². The van der Waals surface area contributed by atoms with E-state index in [1.807, 2.05) is 22.8 Å². The minimum Gasteiger partial charge on any atom is -0.491 e. The molecule has 2 aromatic rings.